The fourth-order valence-corrected chi connectivity index (χ4v) is 3.11. The van der Waals surface area contributed by atoms with E-state index < -0.39 is 0 Å². The van der Waals surface area contributed by atoms with Crippen LogP contribution in [0.3, 0.4) is 0 Å². The van der Waals surface area contributed by atoms with E-state index in [4.69, 9.17) is 4.42 Å². The topological polar surface area (TPSA) is 65.7 Å². The van der Waals surface area contributed by atoms with Gasteiger partial charge in [-0.15, -0.1) is 24.0 Å². The minimum Gasteiger partial charge on any atom is -0.508 e. The first kappa shape index (κ1) is 20.5. The molecule has 2 N–H and O–H groups in total. The van der Waals surface area contributed by atoms with Crippen LogP contribution in [-0.2, 0) is 0 Å². The van der Waals surface area contributed by atoms with Crippen molar-refractivity contribution in [2.45, 2.75) is 20.8 Å². The summed E-state index contributed by atoms with van der Waals surface area (Å²) >= 11 is 0. The van der Waals surface area contributed by atoms with E-state index in [2.05, 4.69) is 24.1 Å². The molecule has 140 valence electrons. The lowest BCUT2D eigenvalue weighted by Crippen LogP contribution is -2.28. The zero-order chi connectivity index (χ0) is 18.0. The standard InChI is InChI=1S/C20H24N2O3.HI/c1-4-22(5-2)11-10-21-16-8-6-13(3)20-18(16)19(24)15-12-14(23)7-9-17(15)25-20;/h6-9,12,21,23H,4-5,10-11H2,1-3H3;1H. The number of aromatic hydroxyl groups is 1. The van der Waals surface area contributed by atoms with Gasteiger partial charge in [0.25, 0.3) is 0 Å². The number of benzene rings is 2. The van der Waals surface area contributed by atoms with Gasteiger partial charge in [-0.25, -0.2) is 0 Å². The summed E-state index contributed by atoms with van der Waals surface area (Å²) < 4.78 is 5.96. The van der Waals surface area contributed by atoms with Gasteiger partial charge in [-0.2, -0.15) is 0 Å². The van der Waals surface area contributed by atoms with E-state index in [1.165, 1.54) is 12.1 Å². The molecule has 0 bridgehead atoms. The lowest BCUT2D eigenvalue weighted by atomic mass is 10.1. The molecule has 26 heavy (non-hydrogen) atoms. The largest absolute Gasteiger partial charge is 0.508 e. The number of phenols is 1. The van der Waals surface area contributed by atoms with Gasteiger partial charge < -0.3 is 19.7 Å². The zero-order valence-electron chi connectivity index (χ0n) is 15.3. The molecule has 0 radical (unpaired) electrons. The summed E-state index contributed by atoms with van der Waals surface area (Å²) in [5.41, 5.74) is 2.64. The van der Waals surface area contributed by atoms with Crippen molar-refractivity contribution in [1.82, 2.24) is 4.90 Å². The van der Waals surface area contributed by atoms with Crippen LogP contribution < -0.4 is 10.7 Å². The minimum absolute atomic E-state index is 0. The summed E-state index contributed by atoms with van der Waals surface area (Å²) in [5, 5.41) is 14.0. The van der Waals surface area contributed by atoms with Crippen LogP contribution in [0.2, 0.25) is 0 Å². The highest BCUT2D eigenvalue weighted by atomic mass is 127. The summed E-state index contributed by atoms with van der Waals surface area (Å²) in [4.78, 5) is 15.3. The van der Waals surface area contributed by atoms with E-state index in [1.807, 2.05) is 19.1 Å². The monoisotopic (exact) mass is 468 g/mol. The Hall–Kier alpha value is -1.80. The van der Waals surface area contributed by atoms with Crippen LogP contribution in [-0.4, -0.2) is 36.2 Å². The molecule has 0 atom stereocenters. The fourth-order valence-electron chi connectivity index (χ4n) is 3.11. The molecule has 6 heteroatoms. The molecule has 2 aromatic carbocycles. The fraction of sp³-hybridized carbons (Fsp3) is 0.350. The van der Waals surface area contributed by atoms with Crippen LogP contribution in [0.1, 0.15) is 19.4 Å². The molecule has 0 aliphatic heterocycles. The van der Waals surface area contributed by atoms with Crippen molar-refractivity contribution < 1.29 is 9.52 Å². The van der Waals surface area contributed by atoms with Crippen molar-refractivity contribution in [3.05, 3.63) is 46.1 Å². The molecular weight excluding hydrogens is 443 g/mol. The van der Waals surface area contributed by atoms with Gasteiger partial charge in [-0.1, -0.05) is 19.9 Å². The van der Waals surface area contributed by atoms with Gasteiger partial charge in [-0.3, -0.25) is 4.79 Å². The number of rotatable bonds is 6. The average molecular weight is 468 g/mol. The van der Waals surface area contributed by atoms with Gasteiger partial charge in [0, 0.05) is 18.8 Å². The molecule has 3 rings (SSSR count). The average Bonchev–Trinajstić information content (AvgIpc) is 2.61. The molecule has 1 aromatic heterocycles. The molecule has 0 aliphatic rings. The molecule has 0 spiro atoms. The van der Waals surface area contributed by atoms with Gasteiger partial charge in [0.05, 0.1) is 10.8 Å². The first-order chi connectivity index (χ1) is 12.0. The second kappa shape index (κ2) is 8.73. The molecule has 3 aromatic rings. The van der Waals surface area contributed by atoms with Gasteiger partial charge in [0.1, 0.15) is 16.9 Å². The molecular formula is C20H25IN2O3. The maximum Gasteiger partial charge on any atom is 0.202 e. The van der Waals surface area contributed by atoms with Crippen LogP contribution in [0, 0.1) is 6.92 Å². The summed E-state index contributed by atoms with van der Waals surface area (Å²) in [5.74, 6) is 0.0582. The second-order valence-corrected chi connectivity index (χ2v) is 6.20. The summed E-state index contributed by atoms with van der Waals surface area (Å²) in [6.45, 7) is 9.85. The van der Waals surface area contributed by atoms with Gasteiger partial charge in [-0.05, 0) is 49.8 Å². The third-order valence-corrected chi connectivity index (χ3v) is 4.64. The maximum atomic E-state index is 13.0. The zero-order valence-corrected chi connectivity index (χ0v) is 17.7. The van der Waals surface area contributed by atoms with E-state index >= 15 is 0 Å². The predicted molar refractivity (Wildman–Crippen MR) is 118 cm³/mol. The van der Waals surface area contributed by atoms with E-state index in [-0.39, 0.29) is 35.2 Å². The van der Waals surface area contributed by atoms with Crippen LogP contribution in [0.25, 0.3) is 21.9 Å². The molecule has 0 saturated heterocycles. The smallest absolute Gasteiger partial charge is 0.202 e. The Kier molecular flexibility index (Phi) is 6.88. The SMILES string of the molecule is CCN(CC)CCNc1ccc(C)c2oc3ccc(O)cc3c(=O)c12.I. The maximum absolute atomic E-state index is 13.0. The van der Waals surface area contributed by atoms with Crippen molar-refractivity contribution in [3.8, 4) is 5.75 Å². The van der Waals surface area contributed by atoms with E-state index in [0.29, 0.717) is 21.9 Å². The quantitative estimate of drug-likeness (QED) is 0.417. The van der Waals surface area contributed by atoms with E-state index in [0.717, 1.165) is 37.4 Å². The van der Waals surface area contributed by atoms with E-state index in [9.17, 15) is 9.90 Å². The van der Waals surface area contributed by atoms with Crippen molar-refractivity contribution in [3.63, 3.8) is 0 Å². The number of halogens is 1. The Morgan fingerprint density at radius 2 is 1.88 bits per heavy atom. The molecule has 0 amide bonds. The summed E-state index contributed by atoms with van der Waals surface area (Å²) in [7, 11) is 0. The third kappa shape index (κ3) is 3.96. The lowest BCUT2D eigenvalue weighted by molar-refractivity contribution is 0.316. The molecule has 0 aliphatic carbocycles. The Balaban J connectivity index is 0.00000243. The van der Waals surface area contributed by atoms with E-state index in [1.54, 1.807) is 6.07 Å². The molecule has 0 saturated carbocycles. The van der Waals surface area contributed by atoms with Crippen LogP contribution in [0.5, 0.6) is 5.75 Å². The van der Waals surface area contributed by atoms with Crippen LogP contribution >= 0.6 is 24.0 Å². The number of aryl methyl sites for hydroxylation is 1. The molecule has 1 heterocycles. The first-order valence-corrected chi connectivity index (χ1v) is 8.70. The Morgan fingerprint density at radius 3 is 2.58 bits per heavy atom. The van der Waals surface area contributed by atoms with Crippen LogP contribution in [0.4, 0.5) is 5.69 Å². The van der Waals surface area contributed by atoms with Gasteiger partial charge in [0.15, 0.2) is 0 Å². The van der Waals surface area contributed by atoms with Gasteiger partial charge >= 0.3 is 0 Å². The third-order valence-electron chi connectivity index (χ3n) is 4.64. The number of nitrogens with zero attached hydrogens (tertiary/aromatic N) is 1. The van der Waals surface area contributed by atoms with Gasteiger partial charge in [0.2, 0.25) is 5.43 Å². The number of nitrogens with one attached hydrogen (secondary N) is 1. The number of fused-ring (bicyclic) bond motifs is 2. The van der Waals surface area contributed by atoms with Crippen molar-refractivity contribution in [1.29, 1.82) is 0 Å². The lowest BCUT2D eigenvalue weighted by Gasteiger charge is -2.19. The Labute approximate surface area is 170 Å². The predicted octanol–water partition coefficient (Wildman–Crippen LogP) is 4.33. The van der Waals surface area contributed by atoms with Crippen molar-refractivity contribution in [2.24, 2.45) is 0 Å². The summed E-state index contributed by atoms with van der Waals surface area (Å²) in [6, 6.07) is 8.50. The highest BCUT2D eigenvalue weighted by molar-refractivity contribution is 14.0. The number of hydrogen-bond donors (Lipinski definition) is 2. The van der Waals surface area contributed by atoms with Crippen LogP contribution in [0.15, 0.2) is 39.5 Å². The molecule has 5 nitrogen and oxygen atoms in total. The van der Waals surface area contributed by atoms with Crippen molar-refractivity contribution in [2.75, 3.05) is 31.5 Å². The highest BCUT2D eigenvalue weighted by Crippen LogP contribution is 2.28. The number of anilines is 1. The Morgan fingerprint density at radius 1 is 1.15 bits per heavy atom. The molecule has 0 unspecified atom stereocenters. The molecule has 0 fully saturated rings. The Bertz CT molecular complexity index is 965. The number of phenolic OH excluding ortho intramolecular Hbond substituents is 1. The minimum atomic E-state index is -0.124. The number of likely N-dealkylation sites (N-methyl/N-ethyl adjacent to an activating group) is 1. The highest BCUT2D eigenvalue weighted by Gasteiger charge is 2.14. The number of hydrogen-bond acceptors (Lipinski definition) is 5. The van der Waals surface area contributed by atoms with Crippen molar-refractivity contribution >= 4 is 51.6 Å². The second-order valence-electron chi connectivity index (χ2n) is 6.20. The summed E-state index contributed by atoms with van der Waals surface area (Å²) in [6.07, 6.45) is 0. The first-order valence-electron chi connectivity index (χ1n) is 8.70. The normalized spacial score (nSPS) is 11.1.